The summed E-state index contributed by atoms with van der Waals surface area (Å²) in [5, 5.41) is 14.5. The minimum absolute atomic E-state index is 0.226. The summed E-state index contributed by atoms with van der Waals surface area (Å²) in [5.41, 5.74) is 4.12. The third kappa shape index (κ3) is 2.52. The maximum Gasteiger partial charge on any atom is 0.125 e. The number of benzene rings is 2. The Labute approximate surface area is 122 Å². The predicted molar refractivity (Wildman–Crippen MR) is 80.4 cm³/mol. The summed E-state index contributed by atoms with van der Waals surface area (Å²) >= 11 is 0. The van der Waals surface area contributed by atoms with Gasteiger partial charge in [0, 0.05) is 18.2 Å². The molecule has 0 atom stereocenters. The van der Waals surface area contributed by atoms with Crippen LogP contribution in [0.2, 0.25) is 0 Å². The molecule has 3 rings (SSSR count). The first-order chi connectivity index (χ1) is 10.0. The van der Waals surface area contributed by atoms with E-state index in [1.165, 1.54) is 12.1 Å². The molecule has 21 heavy (non-hydrogen) atoms. The van der Waals surface area contributed by atoms with Crippen molar-refractivity contribution >= 4 is 0 Å². The van der Waals surface area contributed by atoms with E-state index in [0.29, 0.717) is 0 Å². The molecule has 0 bridgehead atoms. The smallest absolute Gasteiger partial charge is 0.125 e. The third-order valence-corrected chi connectivity index (χ3v) is 3.45. The molecule has 0 aliphatic heterocycles. The van der Waals surface area contributed by atoms with Crippen molar-refractivity contribution in [2.45, 2.75) is 6.92 Å². The second-order valence-electron chi connectivity index (χ2n) is 5.07. The molecular weight excluding hydrogens is 267 g/mol. The summed E-state index contributed by atoms with van der Waals surface area (Å²) in [6.07, 6.45) is 0. The summed E-state index contributed by atoms with van der Waals surface area (Å²) in [4.78, 5) is 0. The van der Waals surface area contributed by atoms with Crippen molar-refractivity contribution < 1.29 is 9.50 Å². The highest BCUT2D eigenvalue weighted by Crippen LogP contribution is 2.32. The van der Waals surface area contributed by atoms with Crippen molar-refractivity contribution in [2.24, 2.45) is 7.05 Å². The molecule has 0 unspecified atom stereocenters. The van der Waals surface area contributed by atoms with Gasteiger partial charge in [-0.2, -0.15) is 5.10 Å². The van der Waals surface area contributed by atoms with Crippen molar-refractivity contribution in [1.82, 2.24) is 9.78 Å². The second kappa shape index (κ2) is 5.05. The molecule has 0 radical (unpaired) electrons. The van der Waals surface area contributed by atoms with E-state index in [9.17, 15) is 9.50 Å². The lowest BCUT2D eigenvalue weighted by Crippen LogP contribution is -1.94. The third-order valence-electron chi connectivity index (χ3n) is 3.45. The highest BCUT2D eigenvalue weighted by molar-refractivity contribution is 5.72. The van der Waals surface area contributed by atoms with Crippen molar-refractivity contribution in [3.8, 4) is 28.3 Å². The zero-order chi connectivity index (χ0) is 15.0. The van der Waals surface area contributed by atoms with Crippen LogP contribution in [-0.4, -0.2) is 14.9 Å². The van der Waals surface area contributed by atoms with Crippen molar-refractivity contribution in [1.29, 1.82) is 0 Å². The van der Waals surface area contributed by atoms with E-state index in [0.717, 1.165) is 28.1 Å². The molecule has 0 saturated heterocycles. The Balaban J connectivity index is 2.07. The molecule has 0 spiro atoms. The van der Waals surface area contributed by atoms with Gasteiger partial charge in [0.25, 0.3) is 0 Å². The summed E-state index contributed by atoms with van der Waals surface area (Å²) < 4.78 is 14.7. The molecule has 3 aromatic rings. The molecule has 0 fully saturated rings. The van der Waals surface area contributed by atoms with Crippen LogP contribution in [0.25, 0.3) is 22.5 Å². The zero-order valence-electron chi connectivity index (χ0n) is 11.8. The molecule has 0 saturated carbocycles. The minimum atomic E-state index is -0.272. The lowest BCUT2D eigenvalue weighted by Gasteiger charge is -2.05. The Morgan fingerprint density at radius 1 is 1.05 bits per heavy atom. The van der Waals surface area contributed by atoms with Crippen LogP contribution in [0.3, 0.4) is 0 Å². The Bertz CT molecular complexity index is 791. The van der Waals surface area contributed by atoms with E-state index >= 15 is 0 Å². The number of hydrogen-bond donors (Lipinski definition) is 1. The number of hydrogen-bond acceptors (Lipinski definition) is 2. The molecule has 4 heteroatoms. The van der Waals surface area contributed by atoms with Gasteiger partial charge < -0.3 is 5.11 Å². The van der Waals surface area contributed by atoms with Gasteiger partial charge in [0.15, 0.2) is 0 Å². The van der Waals surface area contributed by atoms with Crippen molar-refractivity contribution in [3.05, 3.63) is 59.9 Å². The van der Waals surface area contributed by atoms with E-state index in [1.807, 2.05) is 32.2 Å². The van der Waals surface area contributed by atoms with Crippen LogP contribution < -0.4 is 0 Å². The van der Waals surface area contributed by atoms with Crippen molar-refractivity contribution in [2.75, 3.05) is 0 Å². The van der Waals surface area contributed by atoms with Crippen LogP contribution in [0.1, 0.15) is 5.56 Å². The fourth-order valence-electron chi connectivity index (χ4n) is 2.34. The Morgan fingerprint density at radius 2 is 1.76 bits per heavy atom. The average Bonchev–Trinajstić information content (AvgIpc) is 2.81. The molecule has 0 amide bonds. The lowest BCUT2D eigenvalue weighted by atomic mass is 10.1. The first-order valence-electron chi connectivity index (χ1n) is 6.64. The van der Waals surface area contributed by atoms with Gasteiger partial charge in [-0.05, 0) is 55.0 Å². The molecule has 2 aromatic carbocycles. The first kappa shape index (κ1) is 13.4. The van der Waals surface area contributed by atoms with Crippen LogP contribution in [0.5, 0.6) is 5.75 Å². The van der Waals surface area contributed by atoms with Gasteiger partial charge in [-0.15, -0.1) is 0 Å². The number of halogens is 1. The molecule has 106 valence electrons. The average molecular weight is 282 g/mol. The topological polar surface area (TPSA) is 38.0 Å². The van der Waals surface area contributed by atoms with E-state index in [1.54, 1.807) is 22.9 Å². The number of phenolic OH excluding ortho intramolecular Hbond substituents is 1. The van der Waals surface area contributed by atoms with Crippen LogP contribution >= 0.6 is 0 Å². The van der Waals surface area contributed by atoms with Crippen LogP contribution in [0, 0.1) is 12.7 Å². The Hall–Kier alpha value is -2.62. The van der Waals surface area contributed by atoms with Gasteiger partial charge in [0.1, 0.15) is 11.6 Å². The van der Waals surface area contributed by atoms with E-state index in [4.69, 9.17) is 0 Å². The number of aryl methyl sites for hydroxylation is 2. The normalized spacial score (nSPS) is 10.8. The maximum atomic E-state index is 13.0. The summed E-state index contributed by atoms with van der Waals surface area (Å²) in [7, 11) is 1.82. The fourth-order valence-corrected chi connectivity index (χ4v) is 2.34. The summed E-state index contributed by atoms with van der Waals surface area (Å²) in [6, 6.07) is 13.6. The van der Waals surface area contributed by atoms with Gasteiger partial charge in [0.2, 0.25) is 0 Å². The van der Waals surface area contributed by atoms with E-state index in [-0.39, 0.29) is 11.6 Å². The van der Waals surface area contributed by atoms with Crippen LogP contribution in [0.15, 0.2) is 48.5 Å². The standard InChI is InChI=1S/C17H15FN2O/c1-11-3-8-14(17(21)9-11)16-10-15(19-20(16)2)12-4-6-13(18)7-5-12/h3-10,21H,1-2H3. The quantitative estimate of drug-likeness (QED) is 0.774. The van der Waals surface area contributed by atoms with Crippen molar-refractivity contribution in [3.63, 3.8) is 0 Å². The SMILES string of the molecule is Cc1ccc(-c2cc(-c3ccc(F)cc3)nn2C)c(O)c1. The van der Waals surface area contributed by atoms with Gasteiger partial charge in [-0.25, -0.2) is 4.39 Å². The minimum Gasteiger partial charge on any atom is -0.507 e. The van der Waals surface area contributed by atoms with Crippen LogP contribution in [-0.2, 0) is 7.05 Å². The molecule has 1 N–H and O–H groups in total. The van der Waals surface area contributed by atoms with E-state index in [2.05, 4.69) is 5.10 Å². The fraction of sp³-hybridized carbons (Fsp3) is 0.118. The van der Waals surface area contributed by atoms with Gasteiger partial charge in [0.05, 0.1) is 11.4 Å². The number of rotatable bonds is 2. The zero-order valence-corrected chi connectivity index (χ0v) is 11.8. The first-order valence-corrected chi connectivity index (χ1v) is 6.64. The number of aromatic nitrogens is 2. The summed E-state index contributed by atoms with van der Waals surface area (Å²) in [6.45, 7) is 1.93. The highest BCUT2D eigenvalue weighted by Gasteiger charge is 2.12. The highest BCUT2D eigenvalue weighted by atomic mass is 19.1. The maximum absolute atomic E-state index is 13.0. The van der Waals surface area contributed by atoms with Crippen LogP contribution in [0.4, 0.5) is 4.39 Å². The lowest BCUT2D eigenvalue weighted by molar-refractivity contribution is 0.476. The predicted octanol–water partition coefficient (Wildman–Crippen LogP) is 3.91. The Kier molecular flexibility index (Phi) is 3.22. The molecule has 0 aliphatic carbocycles. The Morgan fingerprint density at radius 3 is 2.43 bits per heavy atom. The van der Waals surface area contributed by atoms with Gasteiger partial charge in [-0.1, -0.05) is 6.07 Å². The van der Waals surface area contributed by atoms with Gasteiger partial charge in [-0.3, -0.25) is 4.68 Å². The molecule has 1 heterocycles. The molecule has 3 nitrogen and oxygen atoms in total. The molecule has 1 aromatic heterocycles. The van der Waals surface area contributed by atoms with Gasteiger partial charge >= 0.3 is 0 Å². The summed E-state index contributed by atoms with van der Waals surface area (Å²) in [5.74, 6) is -0.0465. The second-order valence-corrected chi connectivity index (χ2v) is 5.07. The molecule has 0 aliphatic rings. The molecular formula is C17H15FN2O. The number of aromatic hydroxyl groups is 1. The number of nitrogens with zero attached hydrogens (tertiary/aromatic N) is 2. The van der Waals surface area contributed by atoms with E-state index < -0.39 is 0 Å². The monoisotopic (exact) mass is 282 g/mol. The number of phenols is 1. The largest absolute Gasteiger partial charge is 0.507 e.